The van der Waals surface area contributed by atoms with Crippen LogP contribution in [0.3, 0.4) is 0 Å². The number of carbonyl (C=O) groups is 1. The van der Waals surface area contributed by atoms with Crippen LogP contribution in [0.2, 0.25) is 0 Å². The van der Waals surface area contributed by atoms with Gasteiger partial charge in [0.25, 0.3) is 12.4 Å². The second-order valence-electron chi connectivity index (χ2n) is 3.21. The third kappa shape index (κ3) is 4.43. The summed E-state index contributed by atoms with van der Waals surface area (Å²) in [5, 5.41) is 34.7. The van der Waals surface area contributed by atoms with Crippen molar-refractivity contribution in [2.24, 2.45) is 0 Å². The summed E-state index contributed by atoms with van der Waals surface area (Å²) in [6, 6.07) is 7.20. The number of aromatic nitrogens is 1. The summed E-state index contributed by atoms with van der Waals surface area (Å²) < 4.78 is 4.45. The van der Waals surface area contributed by atoms with Gasteiger partial charge in [0, 0.05) is 18.3 Å². The molecule has 0 radical (unpaired) electrons. The summed E-state index contributed by atoms with van der Waals surface area (Å²) in [6.07, 6.45) is 1.18. The summed E-state index contributed by atoms with van der Waals surface area (Å²) in [6.45, 7) is 0.314. The lowest BCUT2D eigenvalue weighted by Gasteiger charge is -1.95. The lowest BCUT2D eigenvalue weighted by molar-refractivity contribution is -0.120. The Morgan fingerprint density at radius 3 is 2.37 bits per heavy atom. The predicted molar refractivity (Wildman–Crippen MR) is 64.0 cm³/mol. The van der Waals surface area contributed by atoms with Crippen molar-refractivity contribution < 1.29 is 30.0 Å². The quantitative estimate of drug-likeness (QED) is 0.600. The van der Waals surface area contributed by atoms with E-state index in [1.165, 1.54) is 24.4 Å². The fourth-order valence-corrected chi connectivity index (χ4v) is 1.05. The maximum Gasteiger partial charge on any atom is 0.298 e. The highest BCUT2D eigenvalue weighted by Crippen LogP contribution is 2.30. The minimum Gasteiger partial charge on any atom is -0.508 e. The molecule has 7 nitrogen and oxygen atoms in total. The molecule has 0 aliphatic carbocycles. The SMILES string of the molecule is O=COc1cccc(O)c1.Oc1ccnc(O)c1O. The van der Waals surface area contributed by atoms with Crippen molar-refractivity contribution in [3.8, 4) is 28.9 Å². The molecular weight excluding hydrogens is 254 g/mol. The molecule has 19 heavy (non-hydrogen) atoms. The highest BCUT2D eigenvalue weighted by molar-refractivity contribution is 5.46. The molecule has 1 aromatic carbocycles. The first-order chi connectivity index (χ1) is 9.04. The maximum atomic E-state index is 9.78. The lowest BCUT2D eigenvalue weighted by atomic mass is 10.3. The monoisotopic (exact) mass is 265 g/mol. The molecule has 0 aliphatic heterocycles. The number of aromatic hydroxyl groups is 4. The van der Waals surface area contributed by atoms with Gasteiger partial charge in [-0.3, -0.25) is 4.79 Å². The molecule has 2 rings (SSSR count). The molecule has 1 aromatic heterocycles. The third-order valence-corrected chi connectivity index (χ3v) is 1.89. The zero-order chi connectivity index (χ0) is 14.3. The fourth-order valence-electron chi connectivity index (χ4n) is 1.05. The van der Waals surface area contributed by atoms with Gasteiger partial charge < -0.3 is 25.2 Å². The van der Waals surface area contributed by atoms with Gasteiger partial charge in [0.15, 0.2) is 5.75 Å². The Morgan fingerprint density at radius 2 is 1.84 bits per heavy atom. The average molecular weight is 265 g/mol. The molecule has 0 aliphatic rings. The van der Waals surface area contributed by atoms with E-state index in [9.17, 15) is 4.79 Å². The third-order valence-electron chi connectivity index (χ3n) is 1.89. The molecular formula is C12H11NO6. The van der Waals surface area contributed by atoms with Gasteiger partial charge in [-0.25, -0.2) is 4.98 Å². The Morgan fingerprint density at radius 1 is 1.11 bits per heavy atom. The second kappa shape index (κ2) is 6.70. The fraction of sp³-hybridized carbons (Fsp3) is 0. The van der Waals surface area contributed by atoms with Gasteiger partial charge in [-0.1, -0.05) is 6.07 Å². The van der Waals surface area contributed by atoms with Crippen LogP contribution in [0.25, 0.3) is 0 Å². The van der Waals surface area contributed by atoms with Crippen molar-refractivity contribution in [2.45, 2.75) is 0 Å². The number of rotatable bonds is 2. The normalized spacial score (nSPS) is 9.05. The van der Waals surface area contributed by atoms with Gasteiger partial charge in [0.05, 0.1) is 0 Å². The first kappa shape index (κ1) is 14.1. The number of hydrogen-bond acceptors (Lipinski definition) is 7. The van der Waals surface area contributed by atoms with Crippen LogP contribution in [0.1, 0.15) is 0 Å². The number of carbonyl (C=O) groups excluding carboxylic acids is 1. The van der Waals surface area contributed by atoms with Gasteiger partial charge in [0.2, 0.25) is 5.75 Å². The number of hydrogen-bond donors (Lipinski definition) is 4. The van der Waals surface area contributed by atoms with Crippen molar-refractivity contribution in [3.63, 3.8) is 0 Å². The number of phenols is 1. The second-order valence-corrected chi connectivity index (χ2v) is 3.21. The molecule has 0 amide bonds. The number of ether oxygens (including phenoxy) is 1. The van der Waals surface area contributed by atoms with Crippen molar-refractivity contribution in [3.05, 3.63) is 36.5 Å². The Kier molecular flexibility index (Phi) is 4.97. The summed E-state index contributed by atoms with van der Waals surface area (Å²) in [5.74, 6) is -1.09. The van der Waals surface area contributed by atoms with Crippen molar-refractivity contribution >= 4 is 6.47 Å². The number of pyridine rings is 1. The minimum atomic E-state index is -0.586. The van der Waals surface area contributed by atoms with Gasteiger partial charge in [-0.05, 0) is 12.1 Å². The van der Waals surface area contributed by atoms with E-state index < -0.39 is 11.6 Å². The molecule has 7 heteroatoms. The molecule has 2 aromatic rings. The first-order valence-corrected chi connectivity index (χ1v) is 5.00. The first-order valence-electron chi connectivity index (χ1n) is 5.00. The molecule has 0 unspecified atom stereocenters. The Bertz CT molecular complexity index is 537. The average Bonchev–Trinajstić information content (AvgIpc) is 2.37. The van der Waals surface area contributed by atoms with Crippen LogP contribution >= 0.6 is 0 Å². The Hall–Kier alpha value is -2.96. The zero-order valence-electron chi connectivity index (χ0n) is 9.59. The van der Waals surface area contributed by atoms with Crippen LogP contribution in [-0.2, 0) is 4.79 Å². The van der Waals surface area contributed by atoms with Crippen LogP contribution in [-0.4, -0.2) is 31.9 Å². The molecule has 100 valence electrons. The van der Waals surface area contributed by atoms with Gasteiger partial charge in [-0.2, -0.15) is 0 Å². The zero-order valence-corrected chi connectivity index (χ0v) is 9.59. The molecule has 4 N–H and O–H groups in total. The van der Waals surface area contributed by atoms with Crippen LogP contribution in [0.5, 0.6) is 28.9 Å². The number of phenolic OH excluding ortho intramolecular Hbond substituents is 1. The Labute approximate surface area is 108 Å². The highest BCUT2D eigenvalue weighted by Gasteiger charge is 2.02. The highest BCUT2D eigenvalue weighted by atomic mass is 16.5. The van der Waals surface area contributed by atoms with Crippen molar-refractivity contribution in [1.29, 1.82) is 0 Å². The van der Waals surface area contributed by atoms with Gasteiger partial charge in [0.1, 0.15) is 11.5 Å². The van der Waals surface area contributed by atoms with Crippen molar-refractivity contribution in [1.82, 2.24) is 4.98 Å². The largest absolute Gasteiger partial charge is 0.508 e. The van der Waals surface area contributed by atoms with E-state index in [1.54, 1.807) is 12.1 Å². The summed E-state index contributed by atoms with van der Waals surface area (Å²) >= 11 is 0. The molecule has 0 bridgehead atoms. The van der Waals surface area contributed by atoms with Gasteiger partial charge >= 0.3 is 0 Å². The van der Waals surface area contributed by atoms with Crippen LogP contribution in [0.4, 0.5) is 0 Å². The number of nitrogens with zero attached hydrogens (tertiary/aromatic N) is 1. The van der Waals surface area contributed by atoms with E-state index in [1.807, 2.05) is 0 Å². The minimum absolute atomic E-state index is 0.0827. The smallest absolute Gasteiger partial charge is 0.298 e. The summed E-state index contributed by atoms with van der Waals surface area (Å²) in [7, 11) is 0. The molecule has 0 saturated carbocycles. The van der Waals surface area contributed by atoms with E-state index >= 15 is 0 Å². The standard InChI is InChI=1S/C7H6O3.C5H5NO3/c8-5-10-7-3-1-2-6(9)4-7;7-3-1-2-6-5(9)4(3)8/h1-5,9H;1-2,8H,(H2,6,7,9). The summed E-state index contributed by atoms with van der Waals surface area (Å²) in [4.78, 5) is 13.1. The molecule has 1 heterocycles. The molecule has 0 atom stereocenters. The van der Waals surface area contributed by atoms with Crippen molar-refractivity contribution in [2.75, 3.05) is 0 Å². The molecule has 0 saturated heterocycles. The van der Waals surface area contributed by atoms with Crippen LogP contribution in [0, 0.1) is 0 Å². The predicted octanol–water partition coefficient (Wildman–Crippen LogP) is 1.13. The van der Waals surface area contributed by atoms with Crippen LogP contribution < -0.4 is 4.74 Å². The maximum absolute atomic E-state index is 9.78. The lowest BCUT2D eigenvalue weighted by Crippen LogP contribution is -1.86. The number of benzene rings is 1. The summed E-state index contributed by atoms with van der Waals surface area (Å²) in [5.41, 5.74) is 0. The molecule has 0 spiro atoms. The van der Waals surface area contributed by atoms with E-state index in [0.29, 0.717) is 12.2 Å². The van der Waals surface area contributed by atoms with E-state index in [0.717, 1.165) is 0 Å². The molecule has 0 fully saturated rings. The Balaban J connectivity index is 0.000000191. The van der Waals surface area contributed by atoms with Crippen LogP contribution in [0.15, 0.2) is 36.5 Å². The van der Waals surface area contributed by atoms with E-state index in [4.69, 9.17) is 20.4 Å². The van der Waals surface area contributed by atoms with E-state index in [2.05, 4.69) is 9.72 Å². The van der Waals surface area contributed by atoms with E-state index in [-0.39, 0.29) is 11.5 Å². The van der Waals surface area contributed by atoms with Gasteiger partial charge in [-0.15, -0.1) is 0 Å². The topological polar surface area (TPSA) is 120 Å².